The summed E-state index contributed by atoms with van der Waals surface area (Å²) in [6.45, 7) is 0. The van der Waals surface area contributed by atoms with E-state index in [1.165, 1.54) is 0 Å². The number of carbonyl (C=O) groups is 1. The molecule has 0 saturated heterocycles. The van der Waals surface area contributed by atoms with Crippen LogP contribution in [-0.4, -0.2) is 11.0 Å². The van der Waals surface area contributed by atoms with E-state index in [1.807, 2.05) is 48.5 Å². The Kier molecular flexibility index (Phi) is 4.53. The van der Waals surface area contributed by atoms with Crippen molar-refractivity contribution in [1.29, 1.82) is 0 Å². The molecule has 0 bridgehead atoms. The van der Waals surface area contributed by atoms with Crippen LogP contribution in [0.3, 0.4) is 0 Å². The number of nitrogens with one attached hydrogen (secondary N) is 1. The Balaban J connectivity index is 1.87. The van der Waals surface area contributed by atoms with Crippen molar-refractivity contribution in [2.45, 2.75) is 0 Å². The maximum Gasteiger partial charge on any atom is 0.255 e. The number of anilines is 1. The second-order valence-electron chi connectivity index (χ2n) is 6.19. The molecule has 4 aromatic rings. The number of amides is 1. The van der Waals surface area contributed by atoms with Crippen molar-refractivity contribution in [3.63, 3.8) is 0 Å². The topological polar surface area (TPSA) is 49.3 Å². The molecule has 0 fully saturated rings. The number of fused-ring (bicyclic) bond motifs is 1. The highest BCUT2D eigenvalue weighted by Crippen LogP contribution is 2.39. The van der Waals surface area contributed by atoms with Gasteiger partial charge in [-0.25, -0.2) is 0 Å². The molecule has 0 unspecified atom stereocenters. The molecule has 0 saturated carbocycles. The van der Waals surface area contributed by atoms with Gasteiger partial charge in [-0.15, -0.1) is 0 Å². The Morgan fingerprint density at radius 1 is 0.852 bits per heavy atom. The van der Waals surface area contributed by atoms with E-state index in [2.05, 4.69) is 5.32 Å². The monoisotopic (exact) mass is 373 g/mol. The first kappa shape index (κ1) is 17.1. The summed E-state index contributed by atoms with van der Waals surface area (Å²) in [5.74, 6) is -0.100. The number of carbonyl (C=O) groups excluding carboxylic acids is 1. The van der Waals surface area contributed by atoms with Crippen LogP contribution in [0.4, 0.5) is 5.69 Å². The molecule has 0 atom stereocenters. The van der Waals surface area contributed by atoms with Crippen LogP contribution < -0.4 is 5.32 Å². The molecular weight excluding hydrogens is 358 g/mol. The van der Waals surface area contributed by atoms with Gasteiger partial charge in [-0.05, 0) is 41.1 Å². The third kappa shape index (κ3) is 3.37. The van der Waals surface area contributed by atoms with Crippen LogP contribution in [0.1, 0.15) is 10.4 Å². The molecule has 4 rings (SSSR count). The minimum atomic E-state index is -0.260. The second kappa shape index (κ2) is 7.14. The molecule has 0 aliphatic rings. The summed E-state index contributed by atoms with van der Waals surface area (Å²) in [4.78, 5) is 12.7. The average molecular weight is 374 g/mol. The third-order valence-corrected chi connectivity index (χ3v) is 4.67. The average Bonchev–Trinajstić information content (AvgIpc) is 2.68. The Hall–Kier alpha value is -3.30. The number of hydrogen-bond acceptors (Lipinski definition) is 2. The standard InChI is InChI=1S/C23H16ClNO2/c24-17-8-5-7-16(14-17)23(27)25-20-13-12-15-6-1-2-9-18(15)22(20)19-10-3-4-11-21(19)26/h1-14,26H,(H,25,27). The van der Waals surface area contributed by atoms with Crippen molar-refractivity contribution < 1.29 is 9.90 Å². The van der Waals surface area contributed by atoms with Gasteiger partial charge in [0.15, 0.2) is 0 Å². The maximum absolute atomic E-state index is 12.7. The van der Waals surface area contributed by atoms with E-state index in [4.69, 9.17) is 11.6 Å². The highest BCUT2D eigenvalue weighted by atomic mass is 35.5. The van der Waals surface area contributed by atoms with Crippen LogP contribution in [-0.2, 0) is 0 Å². The van der Waals surface area contributed by atoms with E-state index in [-0.39, 0.29) is 11.7 Å². The molecule has 0 radical (unpaired) electrons. The fourth-order valence-electron chi connectivity index (χ4n) is 3.18. The zero-order valence-corrected chi connectivity index (χ0v) is 15.1. The highest BCUT2D eigenvalue weighted by Gasteiger charge is 2.16. The number of benzene rings is 4. The number of halogens is 1. The molecule has 3 nitrogen and oxygen atoms in total. The van der Waals surface area contributed by atoms with Crippen molar-refractivity contribution in [2.75, 3.05) is 5.32 Å². The fourth-order valence-corrected chi connectivity index (χ4v) is 3.37. The molecule has 0 spiro atoms. The normalized spacial score (nSPS) is 10.7. The summed E-state index contributed by atoms with van der Waals surface area (Å²) < 4.78 is 0. The van der Waals surface area contributed by atoms with Crippen molar-refractivity contribution in [2.24, 2.45) is 0 Å². The van der Waals surface area contributed by atoms with Gasteiger partial charge in [0.25, 0.3) is 5.91 Å². The Bertz CT molecular complexity index is 1150. The quantitative estimate of drug-likeness (QED) is 0.454. The van der Waals surface area contributed by atoms with E-state index in [0.717, 1.165) is 16.3 Å². The van der Waals surface area contributed by atoms with Gasteiger partial charge in [0.05, 0.1) is 0 Å². The summed E-state index contributed by atoms with van der Waals surface area (Å²) in [7, 11) is 0. The van der Waals surface area contributed by atoms with Gasteiger partial charge >= 0.3 is 0 Å². The molecule has 1 amide bonds. The Labute approximate surface area is 161 Å². The molecule has 132 valence electrons. The number of phenolic OH excluding ortho intramolecular Hbond substituents is 1. The summed E-state index contributed by atoms with van der Waals surface area (Å²) in [6.07, 6.45) is 0. The summed E-state index contributed by atoms with van der Waals surface area (Å²) in [5, 5.41) is 15.8. The van der Waals surface area contributed by atoms with Gasteiger partial charge in [0.2, 0.25) is 0 Å². The lowest BCUT2D eigenvalue weighted by molar-refractivity contribution is 0.102. The molecule has 0 heterocycles. The van der Waals surface area contributed by atoms with Crippen LogP contribution in [0.5, 0.6) is 5.75 Å². The lowest BCUT2D eigenvalue weighted by Crippen LogP contribution is -2.12. The highest BCUT2D eigenvalue weighted by molar-refractivity contribution is 6.31. The maximum atomic E-state index is 12.7. The van der Waals surface area contributed by atoms with Gasteiger partial charge in [0.1, 0.15) is 5.75 Å². The lowest BCUT2D eigenvalue weighted by Gasteiger charge is -2.16. The van der Waals surface area contributed by atoms with E-state index in [1.54, 1.807) is 36.4 Å². The molecular formula is C23H16ClNO2. The first-order valence-corrected chi connectivity index (χ1v) is 8.88. The lowest BCUT2D eigenvalue weighted by atomic mass is 9.95. The number of rotatable bonds is 3. The zero-order valence-electron chi connectivity index (χ0n) is 14.3. The summed E-state index contributed by atoms with van der Waals surface area (Å²) >= 11 is 6.00. The van der Waals surface area contributed by atoms with Gasteiger partial charge in [-0.1, -0.05) is 66.2 Å². The van der Waals surface area contributed by atoms with E-state index < -0.39 is 0 Å². The van der Waals surface area contributed by atoms with Crippen molar-refractivity contribution in [3.05, 3.63) is 95.5 Å². The van der Waals surface area contributed by atoms with E-state index in [9.17, 15) is 9.90 Å². The summed E-state index contributed by atoms with van der Waals surface area (Å²) in [6, 6.07) is 25.6. The van der Waals surface area contributed by atoms with E-state index >= 15 is 0 Å². The number of phenols is 1. The number of para-hydroxylation sites is 1. The van der Waals surface area contributed by atoms with Gasteiger partial charge < -0.3 is 10.4 Å². The van der Waals surface area contributed by atoms with Gasteiger partial charge in [0, 0.05) is 27.4 Å². The molecule has 0 aromatic heterocycles. The molecule has 0 aliphatic heterocycles. The van der Waals surface area contributed by atoms with E-state index in [0.29, 0.717) is 21.8 Å². The van der Waals surface area contributed by atoms with Crippen LogP contribution >= 0.6 is 11.6 Å². The van der Waals surface area contributed by atoms with Crippen LogP contribution in [0.15, 0.2) is 84.9 Å². The van der Waals surface area contributed by atoms with Gasteiger partial charge in [-0.3, -0.25) is 4.79 Å². The number of aromatic hydroxyl groups is 1. The minimum absolute atomic E-state index is 0.159. The number of hydrogen-bond donors (Lipinski definition) is 2. The van der Waals surface area contributed by atoms with Crippen LogP contribution in [0.2, 0.25) is 5.02 Å². The van der Waals surface area contributed by atoms with Crippen molar-refractivity contribution in [1.82, 2.24) is 0 Å². The summed E-state index contributed by atoms with van der Waals surface area (Å²) in [5.41, 5.74) is 2.54. The first-order chi connectivity index (χ1) is 13.1. The van der Waals surface area contributed by atoms with Crippen molar-refractivity contribution in [3.8, 4) is 16.9 Å². The predicted octanol–water partition coefficient (Wildman–Crippen LogP) is 6.12. The smallest absolute Gasteiger partial charge is 0.255 e. The van der Waals surface area contributed by atoms with Crippen LogP contribution in [0.25, 0.3) is 21.9 Å². The minimum Gasteiger partial charge on any atom is -0.507 e. The molecule has 0 aliphatic carbocycles. The molecule has 4 heteroatoms. The molecule has 4 aromatic carbocycles. The zero-order chi connectivity index (χ0) is 18.8. The SMILES string of the molecule is O=C(Nc1ccc2ccccc2c1-c1ccccc1O)c1cccc(Cl)c1. The Morgan fingerprint density at radius 2 is 1.63 bits per heavy atom. The largest absolute Gasteiger partial charge is 0.507 e. The second-order valence-corrected chi connectivity index (χ2v) is 6.63. The molecule has 27 heavy (non-hydrogen) atoms. The Morgan fingerprint density at radius 3 is 2.44 bits per heavy atom. The van der Waals surface area contributed by atoms with Gasteiger partial charge in [-0.2, -0.15) is 0 Å². The first-order valence-electron chi connectivity index (χ1n) is 8.50. The third-order valence-electron chi connectivity index (χ3n) is 4.44. The molecule has 2 N–H and O–H groups in total. The van der Waals surface area contributed by atoms with Crippen molar-refractivity contribution >= 4 is 34.0 Å². The van der Waals surface area contributed by atoms with Crippen LogP contribution in [0, 0.1) is 0 Å². The predicted molar refractivity (Wildman–Crippen MR) is 110 cm³/mol. The fraction of sp³-hybridized carbons (Fsp3) is 0.